The van der Waals surface area contributed by atoms with E-state index >= 15 is 0 Å². The molecule has 0 amide bonds. The molecule has 0 fully saturated rings. The van der Waals surface area contributed by atoms with Crippen molar-refractivity contribution in [2.24, 2.45) is 5.73 Å². The average molecular weight is 300 g/mol. The van der Waals surface area contributed by atoms with Crippen molar-refractivity contribution < 1.29 is 13.5 Å². The van der Waals surface area contributed by atoms with Gasteiger partial charge in [-0.2, -0.15) is 0 Å². The third-order valence-electron chi connectivity index (χ3n) is 3.25. The van der Waals surface area contributed by atoms with Crippen LogP contribution in [0.1, 0.15) is 25.0 Å². The maximum Gasteiger partial charge on any atom is 0.178 e. The molecule has 0 saturated heterocycles. The predicted octanol–water partition coefficient (Wildman–Crippen LogP) is 0.793. The van der Waals surface area contributed by atoms with Crippen molar-refractivity contribution in [3.8, 4) is 0 Å². The number of rotatable bonds is 7. The van der Waals surface area contributed by atoms with E-state index in [0.717, 1.165) is 6.54 Å². The number of benzene rings is 1. The van der Waals surface area contributed by atoms with Crippen LogP contribution in [0.5, 0.6) is 0 Å². The van der Waals surface area contributed by atoms with E-state index in [1.54, 1.807) is 25.1 Å². The molecule has 1 rings (SSSR count). The van der Waals surface area contributed by atoms with Gasteiger partial charge in [0.1, 0.15) is 0 Å². The Labute approximate surface area is 121 Å². The molecule has 6 heteroatoms. The topological polar surface area (TPSA) is 83.6 Å². The monoisotopic (exact) mass is 300 g/mol. The summed E-state index contributed by atoms with van der Waals surface area (Å²) >= 11 is 0. The molecular weight excluding hydrogens is 276 g/mol. The number of hydrogen-bond donors (Lipinski definition) is 2. The minimum Gasteiger partial charge on any atom is -0.387 e. The maximum atomic E-state index is 11.8. The van der Waals surface area contributed by atoms with Crippen LogP contribution in [0.2, 0.25) is 0 Å². The third kappa shape index (κ3) is 4.56. The zero-order valence-electron chi connectivity index (χ0n) is 12.3. The summed E-state index contributed by atoms with van der Waals surface area (Å²) < 4.78 is 23.7. The van der Waals surface area contributed by atoms with Gasteiger partial charge in [-0.1, -0.05) is 19.1 Å². The first-order chi connectivity index (χ1) is 9.27. The third-order valence-corrected chi connectivity index (χ3v) is 4.99. The van der Waals surface area contributed by atoms with Gasteiger partial charge in [-0.15, -0.1) is 0 Å². The van der Waals surface area contributed by atoms with Crippen molar-refractivity contribution in [2.75, 3.05) is 26.4 Å². The Morgan fingerprint density at radius 3 is 2.55 bits per heavy atom. The van der Waals surface area contributed by atoms with E-state index in [4.69, 9.17) is 5.73 Å². The van der Waals surface area contributed by atoms with Gasteiger partial charge in [0, 0.05) is 6.04 Å². The van der Waals surface area contributed by atoms with Crippen LogP contribution < -0.4 is 5.73 Å². The van der Waals surface area contributed by atoms with E-state index in [-0.39, 0.29) is 10.6 Å². The highest BCUT2D eigenvalue weighted by Crippen LogP contribution is 2.21. The van der Waals surface area contributed by atoms with E-state index < -0.39 is 22.0 Å². The van der Waals surface area contributed by atoms with Crippen LogP contribution in [0.15, 0.2) is 29.2 Å². The summed E-state index contributed by atoms with van der Waals surface area (Å²) in [5.41, 5.74) is 6.51. The number of nitrogens with zero attached hydrogens (tertiary/aromatic N) is 1. The smallest absolute Gasteiger partial charge is 0.178 e. The van der Waals surface area contributed by atoms with Gasteiger partial charge in [0.2, 0.25) is 0 Å². The standard InChI is InChI=1S/C14H24N2O3S/c1-4-20(18,19)12-7-5-6-11(10-12)14(17)13(15)8-9-16(2)3/h5-7,10,13-14,17H,4,8-9,15H2,1-3H3. The van der Waals surface area contributed by atoms with Gasteiger partial charge in [-0.05, 0) is 44.8 Å². The largest absolute Gasteiger partial charge is 0.387 e. The molecule has 0 heterocycles. The van der Waals surface area contributed by atoms with Crippen LogP contribution in [0, 0.1) is 0 Å². The molecule has 20 heavy (non-hydrogen) atoms. The molecule has 0 aliphatic rings. The number of aliphatic hydroxyl groups excluding tert-OH is 1. The van der Waals surface area contributed by atoms with Crippen LogP contribution in [-0.4, -0.2) is 50.9 Å². The molecule has 3 N–H and O–H groups in total. The molecule has 1 aromatic rings. The lowest BCUT2D eigenvalue weighted by molar-refractivity contribution is 0.137. The molecule has 5 nitrogen and oxygen atoms in total. The highest BCUT2D eigenvalue weighted by molar-refractivity contribution is 7.91. The van der Waals surface area contributed by atoms with E-state index in [1.165, 1.54) is 6.07 Å². The molecule has 0 radical (unpaired) electrons. The molecule has 0 aliphatic heterocycles. The predicted molar refractivity (Wildman–Crippen MR) is 80.3 cm³/mol. The lowest BCUT2D eigenvalue weighted by Crippen LogP contribution is -2.32. The van der Waals surface area contributed by atoms with Crippen LogP contribution in [0.25, 0.3) is 0 Å². The number of hydrogen-bond acceptors (Lipinski definition) is 5. The zero-order chi connectivity index (χ0) is 15.3. The van der Waals surface area contributed by atoms with Gasteiger partial charge in [-0.25, -0.2) is 8.42 Å². The second kappa shape index (κ2) is 7.17. The number of nitrogens with two attached hydrogens (primary N) is 1. The Bertz CT molecular complexity index is 529. The zero-order valence-corrected chi connectivity index (χ0v) is 13.1. The molecule has 0 saturated carbocycles. The van der Waals surface area contributed by atoms with E-state index in [0.29, 0.717) is 12.0 Å². The summed E-state index contributed by atoms with van der Waals surface area (Å²) in [6, 6.07) is 5.98. The Morgan fingerprint density at radius 2 is 2.00 bits per heavy atom. The first kappa shape index (κ1) is 17.1. The highest BCUT2D eigenvalue weighted by Gasteiger charge is 2.19. The normalized spacial score (nSPS) is 15.3. The summed E-state index contributed by atoms with van der Waals surface area (Å²) in [7, 11) is 0.610. The van der Waals surface area contributed by atoms with Crippen molar-refractivity contribution in [1.29, 1.82) is 0 Å². The lowest BCUT2D eigenvalue weighted by Gasteiger charge is -2.21. The fourth-order valence-electron chi connectivity index (χ4n) is 1.87. The van der Waals surface area contributed by atoms with Crippen molar-refractivity contribution in [1.82, 2.24) is 4.90 Å². The van der Waals surface area contributed by atoms with E-state index in [9.17, 15) is 13.5 Å². The minimum atomic E-state index is -3.27. The minimum absolute atomic E-state index is 0.0409. The van der Waals surface area contributed by atoms with Crippen molar-refractivity contribution in [3.63, 3.8) is 0 Å². The van der Waals surface area contributed by atoms with Crippen molar-refractivity contribution in [2.45, 2.75) is 30.4 Å². The van der Waals surface area contributed by atoms with Gasteiger partial charge < -0.3 is 15.7 Å². The molecule has 0 bridgehead atoms. The Kier molecular flexibility index (Phi) is 6.13. The van der Waals surface area contributed by atoms with Crippen LogP contribution in [0.3, 0.4) is 0 Å². The van der Waals surface area contributed by atoms with Crippen LogP contribution in [-0.2, 0) is 9.84 Å². The Morgan fingerprint density at radius 1 is 1.35 bits per heavy atom. The first-order valence-electron chi connectivity index (χ1n) is 6.69. The van der Waals surface area contributed by atoms with Gasteiger partial charge in [0.15, 0.2) is 9.84 Å². The number of aliphatic hydroxyl groups is 1. The summed E-state index contributed by atoms with van der Waals surface area (Å²) in [5.74, 6) is 0.0409. The molecule has 2 atom stereocenters. The van der Waals surface area contributed by atoms with Gasteiger partial charge in [0.05, 0.1) is 16.8 Å². The van der Waals surface area contributed by atoms with Crippen molar-refractivity contribution in [3.05, 3.63) is 29.8 Å². The first-order valence-corrected chi connectivity index (χ1v) is 8.34. The van der Waals surface area contributed by atoms with Gasteiger partial charge in [0.25, 0.3) is 0 Å². The summed E-state index contributed by atoms with van der Waals surface area (Å²) in [5, 5.41) is 10.2. The number of sulfone groups is 1. The van der Waals surface area contributed by atoms with E-state index in [1.807, 2.05) is 19.0 Å². The van der Waals surface area contributed by atoms with E-state index in [2.05, 4.69) is 0 Å². The quantitative estimate of drug-likeness (QED) is 0.778. The molecule has 0 spiro atoms. The molecule has 1 aromatic carbocycles. The summed E-state index contributed by atoms with van der Waals surface area (Å²) in [6.45, 7) is 2.37. The highest BCUT2D eigenvalue weighted by atomic mass is 32.2. The molecular formula is C14H24N2O3S. The SMILES string of the molecule is CCS(=O)(=O)c1cccc(C(O)C(N)CCN(C)C)c1. The Hall–Kier alpha value is -0.950. The fraction of sp³-hybridized carbons (Fsp3) is 0.571. The summed E-state index contributed by atoms with van der Waals surface area (Å²) in [6.07, 6.45) is -0.221. The molecule has 0 aliphatic carbocycles. The van der Waals surface area contributed by atoms with Gasteiger partial charge in [-0.3, -0.25) is 0 Å². The van der Waals surface area contributed by atoms with Gasteiger partial charge >= 0.3 is 0 Å². The average Bonchev–Trinajstić information content (AvgIpc) is 2.44. The molecule has 114 valence electrons. The second-order valence-corrected chi connectivity index (χ2v) is 7.45. The maximum absolute atomic E-state index is 11.8. The molecule has 2 unspecified atom stereocenters. The second-order valence-electron chi connectivity index (χ2n) is 5.18. The van der Waals surface area contributed by atoms with Crippen LogP contribution in [0.4, 0.5) is 0 Å². The van der Waals surface area contributed by atoms with Crippen molar-refractivity contribution >= 4 is 9.84 Å². The summed E-state index contributed by atoms with van der Waals surface area (Å²) in [4.78, 5) is 2.22. The fourth-order valence-corrected chi connectivity index (χ4v) is 2.81. The Balaban J connectivity index is 2.89. The molecule has 0 aromatic heterocycles. The van der Waals surface area contributed by atoms with Crippen LogP contribution >= 0.6 is 0 Å². The lowest BCUT2D eigenvalue weighted by atomic mass is 10.0.